The zero-order valence-electron chi connectivity index (χ0n) is 16.9. The fourth-order valence-corrected chi connectivity index (χ4v) is 3.25. The van der Waals surface area contributed by atoms with Gasteiger partial charge in [-0.15, -0.1) is 0 Å². The van der Waals surface area contributed by atoms with Crippen LogP contribution in [-0.4, -0.2) is 20.6 Å². The van der Waals surface area contributed by atoms with E-state index in [1.807, 2.05) is 6.07 Å². The maximum Gasteiger partial charge on any atom is 0.291 e. The van der Waals surface area contributed by atoms with Crippen molar-refractivity contribution in [3.8, 4) is 5.75 Å². The maximum absolute atomic E-state index is 12.5. The molecule has 9 nitrogen and oxygen atoms in total. The number of nitro groups is 1. The minimum Gasteiger partial charge on any atom is -0.486 e. The van der Waals surface area contributed by atoms with E-state index in [1.54, 1.807) is 29.1 Å². The molecule has 0 aliphatic carbocycles. The maximum atomic E-state index is 12.5. The lowest BCUT2D eigenvalue weighted by atomic mass is 10.2. The predicted octanol–water partition coefficient (Wildman–Crippen LogP) is 5.57. The molecule has 2 heterocycles. The molecule has 0 fully saturated rings. The Bertz CT molecular complexity index is 1300. The highest BCUT2D eigenvalue weighted by Crippen LogP contribution is 2.23. The lowest BCUT2D eigenvalue weighted by Crippen LogP contribution is -2.10. The molecule has 2 aromatic heterocycles. The van der Waals surface area contributed by atoms with Crippen LogP contribution in [0.25, 0.3) is 0 Å². The van der Waals surface area contributed by atoms with Gasteiger partial charge in [0.05, 0.1) is 33.4 Å². The molecule has 4 rings (SSSR count). The van der Waals surface area contributed by atoms with Crippen molar-refractivity contribution in [2.45, 2.75) is 13.2 Å². The van der Waals surface area contributed by atoms with E-state index in [2.05, 4.69) is 10.4 Å². The monoisotopic (exact) mass is 486 g/mol. The third-order valence-corrected chi connectivity index (χ3v) is 5.27. The van der Waals surface area contributed by atoms with Crippen LogP contribution in [0.3, 0.4) is 0 Å². The van der Waals surface area contributed by atoms with E-state index >= 15 is 0 Å². The van der Waals surface area contributed by atoms with Gasteiger partial charge in [-0.25, -0.2) is 0 Å². The molecule has 2 aromatic carbocycles. The number of nitrogens with one attached hydrogen (secondary N) is 1. The minimum absolute atomic E-state index is 0.0282. The number of amides is 1. The smallest absolute Gasteiger partial charge is 0.291 e. The number of nitro benzene ring substituents is 1. The lowest BCUT2D eigenvalue weighted by molar-refractivity contribution is -0.384. The van der Waals surface area contributed by atoms with Crippen molar-refractivity contribution in [2.75, 3.05) is 5.32 Å². The number of nitrogens with zero attached hydrogens (tertiary/aromatic N) is 3. The van der Waals surface area contributed by atoms with Gasteiger partial charge in [0.25, 0.3) is 11.6 Å². The number of anilines is 1. The second-order valence-electron chi connectivity index (χ2n) is 6.93. The van der Waals surface area contributed by atoms with E-state index < -0.39 is 10.8 Å². The van der Waals surface area contributed by atoms with Crippen molar-refractivity contribution in [3.05, 3.63) is 104 Å². The number of rotatable bonds is 8. The van der Waals surface area contributed by atoms with Gasteiger partial charge in [-0.2, -0.15) is 5.10 Å². The molecular formula is C22H16Cl2N4O5. The standard InChI is InChI=1S/C22H16Cl2N4O5/c23-19-7-1-14(9-20(19)24)11-27-12-15(10-25-27)26-22(29)21-8-6-18(33-21)13-32-17-4-2-16(3-5-17)28(30)31/h1-10,12H,11,13H2,(H,26,29). The highest BCUT2D eigenvalue weighted by atomic mass is 35.5. The molecule has 0 saturated carbocycles. The molecular weight excluding hydrogens is 471 g/mol. The second-order valence-corrected chi connectivity index (χ2v) is 7.75. The Kier molecular flexibility index (Phi) is 6.62. The van der Waals surface area contributed by atoms with Crippen LogP contribution < -0.4 is 10.1 Å². The van der Waals surface area contributed by atoms with E-state index in [0.717, 1.165) is 5.56 Å². The number of benzene rings is 2. The Morgan fingerprint density at radius 1 is 1.12 bits per heavy atom. The Hall–Kier alpha value is -3.82. The molecule has 0 aliphatic rings. The number of carbonyl (C=O) groups is 1. The molecule has 0 bridgehead atoms. The van der Waals surface area contributed by atoms with Gasteiger partial charge >= 0.3 is 0 Å². The van der Waals surface area contributed by atoms with Crippen molar-refractivity contribution in [3.63, 3.8) is 0 Å². The van der Waals surface area contributed by atoms with Gasteiger partial charge in [-0.05, 0) is 42.0 Å². The zero-order valence-corrected chi connectivity index (χ0v) is 18.4. The van der Waals surface area contributed by atoms with Gasteiger partial charge in [-0.1, -0.05) is 29.3 Å². The Labute approximate surface area is 197 Å². The van der Waals surface area contributed by atoms with Gasteiger partial charge in [0, 0.05) is 18.3 Å². The van der Waals surface area contributed by atoms with Crippen molar-refractivity contribution in [1.82, 2.24) is 9.78 Å². The Morgan fingerprint density at radius 2 is 1.91 bits per heavy atom. The molecule has 1 N–H and O–H groups in total. The zero-order chi connectivity index (χ0) is 23.4. The van der Waals surface area contributed by atoms with Crippen molar-refractivity contribution >= 4 is 40.5 Å². The van der Waals surface area contributed by atoms with Crippen LogP contribution in [0.2, 0.25) is 10.0 Å². The number of halogens is 2. The summed E-state index contributed by atoms with van der Waals surface area (Å²) in [5.41, 5.74) is 1.38. The van der Waals surface area contributed by atoms with Gasteiger partial charge < -0.3 is 14.5 Å². The molecule has 0 spiro atoms. The van der Waals surface area contributed by atoms with Gasteiger partial charge in [0.15, 0.2) is 5.76 Å². The molecule has 1 amide bonds. The number of furan rings is 1. The van der Waals surface area contributed by atoms with Crippen LogP contribution in [0.5, 0.6) is 5.75 Å². The topological polar surface area (TPSA) is 112 Å². The van der Waals surface area contributed by atoms with Crippen LogP contribution in [0.15, 0.2) is 71.4 Å². The first-order valence-corrected chi connectivity index (χ1v) is 10.4. The van der Waals surface area contributed by atoms with Gasteiger partial charge in [0.2, 0.25) is 0 Å². The summed E-state index contributed by atoms with van der Waals surface area (Å²) in [5.74, 6) is 0.534. The third-order valence-electron chi connectivity index (χ3n) is 4.53. The molecule has 168 valence electrons. The highest BCUT2D eigenvalue weighted by molar-refractivity contribution is 6.42. The van der Waals surface area contributed by atoms with Crippen LogP contribution in [-0.2, 0) is 13.2 Å². The molecule has 0 atom stereocenters. The molecule has 0 saturated heterocycles. The summed E-state index contributed by atoms with van der Waals surface area (Å²) in [5, 5.41) is 18.6. The molecule has 0 unspecified atom stereocenters. The van der Waals surface area contributed by atoms with Gasteiger partial charge in [0.1, 0.15) is 18.1 Å². The SMILES string of the molecule is O=C(Nc1cnn(Cc2ccc(Cl)c(Cl)c2)c1)c1ccc(COc2ccc([N+](=O)[O-])cc2)o1. The van der Waals surface area contributed by atoms with Crippen LogP contribution in [0, 0.1) is 10.1 Å². The summed E-state index contributed by atoms with van der Waals surface area (Å²) in [7, 11) is 0. The largest absolute Gasteiger partial charge is 0.486 e. The van der Waals surface area contributed by atoms with Crippen LogP contribution in [0.4, 0.5) is 11.4 Å². The first-order valence-electron chi connectivity index (χ1n) is 9.61. The number of aromatic nitrogens is 2. The average molecular weight is 487 g/mol. The number of carbonyl (C=O) groups excluding carboxylic acids is 1. The van der Waals surface area contributed by atoms with Crippen molar-refractivity contribution < 1.29 is 18.9 Å². The predicted molar refractivity (Wildman–Crippen MR) is 122 cm³/mol. The number of ether oxygens (including phenoxy) is 1. The van der Waals surface area contributed by atoms with Gasteiger partial charge in [-0.3, -0.25) is 19.6 Å². The number of non-ortho nitro benzene ring substituents is 1. The summed E-state index contributed by atoms with van der Waals surface area (Å²) < 4.78 is 12.7. The molecule has 33 heavy (non-hydrogen) atoms. The first kappa shape index (κ1) is 22.4. The minimum atomic E-state index is -0.488. The van der Waals surface area contributed by atoms with E-state index in [9.17, 15) is 14.9 Å². The van der Waals surface area contributed by atoms with E-state index in [4.69, 9.17) is 32.4 Å². The second kappa shape index (κ2) is 9.76. The first-order chi connectivity index (χ1) is 15.9. The van der Waals surface area contributed by atoms with Crippen LogP contribution >= 0.6 is 23.2 Å². The highest BCUT2D eigenvalue weighted by Gasteiger charge is 2.13. The fraction of sp³-hybridized carbons (Fsp3) is 0.0909. The molecule has 11 heteroatoms. The Balaban J connectivity index is 1.32. The third kappa shape index (κ3) is 5.71. The summed E-state index contributed by atoms with van der Waals surface area (Å²) >= 11 is 12.0. The molecule has 0 radical (unpaired) electrons. The number of hydrogen-bond acceptors (Lipinski definition) is 6. The average Bonchev–Trinajstić information content (AvgIpc) is 3.45. The fourth-order valence-electron chi connectivity index (χ4n) is 2.93. The van der Waals surface area contributed by atoms with E-state index in [0.29, 0.717) is 33.8 Å². The molecule has 4 aromatic rings. The van der Waals surface area contributed by atoms with Crippen molar-refractivity contribution in [2.24, 2.45) is 0 Å². The van der Waals surface area contributed by atoms with E-state index in [1.165, 1.54) is 36.5 Å². The molecule has 0 aliphatic heterocycles. The van der Waals surface area contributed by atoms with E-state index in [-0.39, 0.29) is 18.1 Å². The normalized spacial score (nSPS) is 10.7. The summed E-state index contributed by atoms with van der Waals surface area (Å²) in [6.45, 7) is 0.518. The lowest BCUT2D eigenvalue weighted by Gasteiger charge is -2.04. The summed E-state index contributed by atoms with van der Waals surface area (Å²) in [6.07, 6.45) is 3.21. The summed E-state index contributed by atoms with van der Waals surface area (Å²) in [4.78, 5) is 22.7. The van der Waals surface area contributed by atoms with Crippen LogP contribution in [0.1, 0.15) is 21.9 Å². The van der Waals surface area contributed by atoms with Crippen molar-refractivity contribution in [1.29, 1.82) is 0 Å². The number of hydrogen-bond donors (Lipinski definition) is 1. The summed E-state index contributed by atoms with van der Waals surface area (Å²) in [6, 6.07) is 14.1. The quantitative estimate of drug-likeness (QED) is 0.257. The Morgan fingerprint density at radius 3 is 2.64 bits per heavy atom.